The zero-order valence-corrected chi connectivity index (χ0v) is 27.5. The summed E-state index contributed by atoms with van der Waals surface area (Å²) in [5, 5.41) is 12.1. The molecule has 1 aliphatic heterocycles. The van der Waals surface area contributed by atoms with Gasteiger partial charge in [-0.15, -0.1) is 0 Å². The predicted molar refractivity (Wildman–Crippen MR) is 175 cm³/mol. The lowest BCUT2D eigenvalue weighted by Crippen LogP contribution is -2.41. The van der Waals surface area contributed by atoms with Crippen LogP contribution in [0.15, 0.2) is 58.4 Å². The van der Waals surface area contributed by atoms with Crippen molar-refractivity contribution in [2.45, 2.75) is 76.3 Å². The van der Waals surface area contributed by atoms with Crippen LogP contribution in [0, 0.1) is 20.8 Å². The van der Waals surface area contributed by atoms with Crippen LogP contribution in [0.4, 0.5) is 4.79 Å². The zero-order valence-electron chi connectivity index (χ0n) is 26.6. The molecule has 0 saturated heterocycles. The summed E-state index contributed by atoms with van der Waals surface area (Å²) in [6.45, 7) is 9.35. The van der Waals surface area contributed by atoms with Gasteiger partial charge in [0.2, 0.25) is 5.96 Å². The number of aliphatic carboxylic acids is 1. The second kappa shape index (κ2) is 12.7. The summed E-state index contributed by atoms with van der Waals surface area (Å²) in [6.07, 6.45) is 0.0777. The summed E-state index contributed by atoms with van der Waals surface area (Å²) in [5.41, 5.74) is 12.7. The average molecular weight is 649 g/mol. The van der Waals surface area contributed by atoms with E-state index < -0.39 is 33.7 Å². The topological polar surface area (TPSA) is 169 Å². The van der Waals surface area contributed by atoms with Crippen LogP contribution in [0.5, 0.6) is 5.75 Å². The van der Waals surface area contributed by atoms with Gasteiger partial charge in [0.25, 0.3) is 10.0 Å². The highest BCUT2D eigenvalue weighted by atomic mass is 32.2. The molecule has 0 radical (unpaired) electrons. The lowest BCUT2D eigenvalue weighted by atomic mass is 9.93. The molecule has 46 heavy (non-hydrogen) atoms. The Kier molecular flexibility index (Phi) is 9.03. The molecule has 2 aliphatic rings. The number of hydrogen-bond donors (Lipinski definition) is 4. The number of ether oxygens (including phenoxy) is 2. The van der Waals surface area contributed by atoms with Gasteiger partial charge in [-0.25, -0.2) is 22.7 Å². The van der Waals surface area contributed by atoms with E-state index in [2.05, 4.69) is 15.0 Å². The molecule has 11 nitrogen and oxygen atoms in total. The monoisotopic (exact) mass is 648 g/mol. The van der Waals surface area contributed by atoms with Crippen molar-refractivity contribution in [1.82, 2.24) is 10.0 Å². The van der Waals surface area contributed by atoms with Crippen molar-refractivity contribution in [1.29, 1.82) is 0 Å². The number of nitrogens with one attached hydrogen (secondary N) is 2. The van der Waals surface area contributed by atoms with Crippen molar-refractivity contribution >= 4 is 28.0 Å². The van der Waals surface area contributed by atoms with Gasteiger partial charge < -0.3 is 25.6 Å². The number of nitrogens with two attached hydrogens (primary N) is 1. The second-order valence-electron chi connectivity index (χ2n) is 12.4. The maximum Gasteiger partial charge on any atom is 0.407 e. The lowest BCUT2D eigenvalue weighted by molar-refractivity contribution is -0.139. The number of benzene rings is 3. The van der Waals surface area contributed by atoms with Crippen LogP contribution in [0.2, 0.25) is 0 Å². The number of fused-ring (bicyclic) bond motifs is 4. The largest absolute Gasteiger partial charge is 0.487 e. The van der Waals surface area contributed by atoms with E-state index in [9.17, 15) is 23.1 Å². The van der Waals surface area contributed by atoms with E-state index in [4.69, 9.17) is 15.2 Å². The number of guanidine groups is 1. The predicted octanol–water partition coefficient (Wildman–Crippen LogP) is 4.69. The number of nitrogens with zero attached hydrogens (tertiary/aromatic N) is 1. The van der Waals surface area contributed by atoms with E-state index in [0.29, 0.717) is 23.3 Å². The first-order valence-electron chi connectivity index (χ1n) is 15.2. The van der Waals surface area contributed by atoms with Crippen LogP contribution in [-0.2, 0) is 26.0 Å². The fourth-order valence-corrected chi connectivity index (χ4v) is 7.92. The highest BCUT2D eigenvalue weighted by Gasteiger charge is 2.37. The maximum atomic E-state index is 13.4. The van der Waals surface area contributed by atoms with Crippen molar-refractivity contribution in [3.8, 4) is 16.9 Å². The first-order valence-corrected chi connectivity index (χ1v) is 16.7. The number of alkyl carbamates (subject to hydrolysis) is 1. The van der Waals surface area contributed by atoms with E-state index >= 15 is 0 Å². The van der Waals surface area contributed by atoms with Crippen LogP contribution in [0.1, 0.15) is 66.0 Å². The molecule has 0 unspecified atom stereocenters. The molecule has 244 valence electrons. The molecular formula is C34H40N4O7S. The molecule has 3 aromatic rings. The van der Waals surface area contributed by atoms with Gasteiger partial charge in [0.15, 0.2) is 0 Å². The third kappa shape index (κ3) is 6.53. The van der Waals surface area contributed by atoms with E-state index in [-0.39, 0.29) is 42.8 Å². The quantitative estimate of drug-likeness (QED) is 0.139. The van der Waals surface area contributed by atoms with Crippen LogP contribution in [0.3, 0.4) is 0 Å². The van der Waals surface area contributed by atoms with Gasteiger partial charge in [-0.3, -0.25) is 4.99 Å². The minimum absolute atomic E-state index is 0.0262. The summed E-state index contributed by atoms with van der Waals surface area (Å²) in [6, 6.07) is 14.6. The van der Waals surface area contributed by atoms with E-state index in [1.165, 1.54) is 0 Å². The minimum atomic E-state index is -4.09. The van der Waals surface area contributed by atoms with Gasteiger partial charge in [-0.05, 0) is 80.8 Å². The number of amides is 1. The summed E-state index contributed by atoms with van der Waals surface area (Å²) < 4.78 is 40.6. The van der Waals surface area contributed by atoms with Crippen LogP contribution in [0.25, 0.3) is 11.1 Å². The van der Waals surface area contributed by atoms with Crippen molar-refractivity contribution in [3.05, 3.63) is 81.9 Å². The summed E-state index contributed by atoms with van der Waals surface area (Å²) in [4.78, 5) is 28.7. The van der Waals surface area contributed by atoms with Gasteiger partial charge in [0, 0.05) is 30.0 Å². The number of carboxylic acid groups (broad SMARTS) is 1. The standard InChI is InChI=1S/C34H40N4O7S/c1-19-20(2)30(21(3)29-26(19)17-34(4,5)45-29)46(42,43)38-32(35)36-16-10-15-28(31(39)40)37-33(41)44-18-27-24-13-8-6-11-22(24)23-12-7-9-14-25(23)27/h6-9,11-14,27-28H,10,15-18H2,1-5H3,(H,37,41)(H,39,40)(H3,35,36,38)/t28-/m1/s1. The molecule has 0 bridgehead atoms. The number of carboxylic acids is 1. The van der Waals surface area contributed by atoms with E-state index in [1.54, 1.807) is 13.8 Å². The van der Waals surface area contributed by atoms with Gasteiger partial charge in [0.1, 0.15) is 24.0 Å². The first kappa shape index (κ1) is 32.8. The van der Waals surface area contributed by atoms with Gasteiger partial charge in [-0.2, -0.15) is 0 Å². The molecule has 1 heterocycles. The molecule has 0 saturated carbocycles. The molecule has 1 amide bonds. The third-order valence-corrected chi connectivity index (χ3v) is 10.3. The highest BCUT2D eigenvalue weighted by Crippen LogP contribution is 2.45. The lowest BCUT2D eigenvalue weighted by Gasteiger charge is -2.19. The number of carbonyl (C=O) groups excluding carboxylic acids is 1. The number of rotatable bonds is 10. The molecule has 0 aromatic heterocycles. The Morgan fingerprint density at radius 1 is 1.04 bits per heavy atom. The Morgan fingerprint density at radius 2 is 1.65 bits per heavy atom. The summed E-state index contributed by atoms with van der Waals surface area (Å²) in [7, 11) is -4.09. The molecule has 3 aromatic carbocycles. The molecule has 1 aliphatic carbocycles. The fraction of sp³-hybridized carbons (Fsp3) is 0.382. The smallest absolute Gasteiger partial charge is 0.407 e. The average Bonchev–Trinajstić information content (AvgIpc) is 3.50. The van der Waals surface area contributed by atoms with Gasteiger partial charge >= 0.3 is 12.1 Å². The molecule has 12 heteroatoms. The Hall–Kier alpha value is -4.58. The third-order valence-electron chi connectivity index (χ3n) is 8.67. The molecule has 1 atom stereocenters. The number of hydrogen-bond acceptors (Lipinski definition) is 7. The second-order valence-corrected chi connectivity index (χ2v) is 14.0. The molecule has 5 rings (SSSR count). The van der Waals surface area contributed by atoms with Crippen molar-refractivity contribution in [2.75, 3.05) is 13.2 Å². The Balaban J connectivity index is 1.16. The number of sulfonamides is 1. The first-order chi connectivity index (χ1) is 21.7. The van der Waals surface area contributed by atoms with E-state index in [0.717, 1.165) is 33.4 Å². The number of carbonyl (C=O) groups is 2. The number of aliphatic imine (C=N–C) groups is 1. The zero-order chi connectivity index (χ0) is 33.4. The molecule has 5 N–H and O–H groups in total. The SMILES string of the molecule is Cc1c(C)c(S(=O)(=O)NC(N)=NCCC[C@@H](NC(=O)OCC2c3ccccc3-c3ccccc32)C(=O)O)c(C)c2c1CC(C)(C)O2. The fourth-order valence-electron chi connectivity index (χ4n) is 6.43. The van der Waals surface area contributed by atoms with Gasteiger partial charge in [-0.1, -0.05) is 48.5 Å². The summed E-state index contributed by atoms with van der Waals surface area (Å²) in [5.74, 6) is -1.13. The Morgan fingerprint density at radius 3 is 2.26 bits per heavy atom. The van der Waals surface area contributed by atoms with Crippen LogP contribution < -0.4 is 20.5 Å². The molecule has 0 spiro atoms. The normalized spacial score (nSPS) is 15.7. The Labute approximate surface area is 269 Å². The summed E-state index contributed by atoms with van der Waals surface area (Å²) >= 11 is 0. The van der Waals surface area contributed by atoms with Crippen molar-refractivity contribution < 1.29 is 32.6 Å². The van der Waals surface area contributed by atoms with Crippen LogP contribution in [-0.4, -0.2) is 56.3 Å². The molecule has 0 fully saturated rings. The van der Waals surface area contributed by atoms with Gasteiger partial charge in [0.05, 0.1) is 4.90 Å². The minimum Gasteiger partial charge on any atom is -0.487 e. The Bertz CT molecular complexity index is 1790. The molecular weight excluding hydrogens is 608 g/mol. The van der Waals surface area contributed by atoms with Crippen LogP contribution >= 0.6 is 0 Å². The maximum absolute atomic E-state index is 13.4. The van der Waals surface area contributed by atoms with E-state index in [1.807, 2.05) is 69.3 Å². The van der Waals surface area contributed by atoms with Crippen molar-refractivity contribution in [3.63, 3.8) is 0 Å². The highest BCUT2D eigenvalue weighted by molar-refractivity contribution is 7.90. The van der Waals surface area contributed by atoms with Crippen molar-refractivity contribution in [2.24, 2.45) is 10.7 Å².